The van der Waals surface area contributed by atoms with Crippen LogP contribution in [0.4, 0.5) is 18.9 Å². The second kappa shape index (κ2) is 7.05. The fourth-order valence-electron chi connectivity index (χ4n) is 2.67. The average molecular weight is 301 g/mol. The molecule has 0 aliphatic heterocycles. The fourth-order valence-corrected chi connectivity index (χ4v) is 2.67. The Labute approximate surface area is 123 Å². The summed E-state index contributed by atoms with van der Waals surface area (Å²) in [5.74, 6) is -0.302. The molecular formula is C16H22F3NO. The lowest BCUT2D eigenvalue weighted by molar-refractivity contribution is -0.182. The van der Waals surface area contributed by atoms with Crippen LogP contribution in [0.1, 0.15) is 39.0 Å². The van der Waals surface area contributed by atoms with Gasteiger partial charge >= 0.3 is 6.18 Å². The van der Waals surface area contributed by atoms with E-state index in [9.17, 15) is 13.2 Å². The van der Waals surface area contributed by atoms with Crippen LogP contribution >= 0.6 is 0 Å². The van der Waals surface area contributed by atoms with Crippen LogP contribution in [0.5, 0.6) is 5.75 Å². The van der Waals surface area contributed by atoms with Crippen molar-refractivity contribution in [2.24, 2.45) is 5.92 Å². The van der Waals surface area contributed by atoms with Crippen molar-refractivity contribution in [1.29, 1.82) is 0 Å². The van der Waals surface area contributed by atoms with Crippen LogP contribution in [0.25, 0.3) is 0 Å². The molecule has 1 N–H and O–H groups in total. The zero-order chi connectivity index (χ0) is 15.3. The number of hydrogen-bond acceptors (Lipinski definition) is 2. The second-order valence-electron chi connectivity index (χ2n) is 5.61. The van der Waals surface area contributed by atoms with Gasteiger partial charge in [0, 0.05) is 11.7 Å². The van der Waals surface area contributed by atoms with E-state index >= 15 is 0 Å². The van der Waals surface area contributed by atoms with E-state index in [1.54, 1.807) is 0 Å². The molecule has 0 unspecified atom stereocenters. The molecule has 1 aromatic rings. The number of halogens is 3. The Morgan fingerprint density at radius 3 is 2.24 bits per heavy atom. The Hall–Kier alpha value is -1.39. The molecule has 2 nitrogen and oxygen atoms in total. The number of anilines is 1. The van der Waals surface area contributed by atoms with E-state index in [0.717, 1.165) is 17.9 Å². The van der Waals surface area contributed by atoms with E-state index in [1.807, 2.05) is 31.2 Å². The van der Waals surface area contributed by atoms with Crippen molar-refractivity contribution >= 4 is 5.69 Å². The fraction of sp³-hybridized carbons (Fsp3) is 0.625. The molecular weight excluding hydrogens is 279 g/mol. The van der Waals surface area contributed by atoms with E-state index in [1.165, 1.54) is 0 Å². The zero-order valence-corrected chi connectivity index (χ0v) is 12.2. The monoisotopic (exact) mass is 301 g/mol. The van der Waals surface area contributed by atoms with Crippen molar-refractivity contribution < 1.29 is 17.9 Å². The predicted octanol–water partition coefficient (Wildman–Crippen LogP) is 5.01. The Morgan fingerprint density at radius 1 is 1.10 bits per heavy atom. The highest BCUT2D eigenvalue weighted by molar-refractivity contribution is 5.47. The smallest absolute Gasteiger partial charge is 0.391 e. The van der Waals surface area contributed by atoms with Gasteiger partial charge in [-0.15, -0.1) is 0 Å². The molecule has 0 bridgehead atoms. The number of ether oxygens (including phenoxy) is 1. The molecule has 1 aromatic carbocycles. The van der Waals surface area contributed by atoms with Crippen LogP contribution < -0.4 is 10.1 Å². The molecule has 2 rings (SSSR count). The van der Waals surface area contributed by atoms with E-state index in [0.29, 0.717) is 19.4 Å². The van der Waals surface area contributed by atoms with Gasteiger partial charge in [0.2, 0.25) is 0 Å². The molecule has 118 valence electrons. The lowest BCUT2D eigenvalue weighted by Gasteiger charge is -2.30. The number of hydrogen-bond donors (Lipinski definition) is 1. The maximum absolute atomic E-state index is 12.6. The van der Waals surface area contributed by atoms with Gasteiger partial charge in [-0.1, -0.05) is 6.92 Å². The first-order valence-electron chi connectivity index (χ1n) is 7.55. The van der Waals surface area contributed by atoms with Crippen molar-refractivity contribution in [1.82, 2.24) is 0 Å². The highest BCUT2D eigenvalue weighted by Crippen LogP contribution is 2.38. The Kier molecular flexibility index (Phi) is 5.37. The largest absolute Gasteiger partial charge is 0.494 e. The minimum absolute atomic E-state index is 0.131. The number of benzene rings is 1. The quantitative estimate of drug-likeness (QED) is 0.825. The van der Waals surface area contributed by atoms with Gasteiger partial charge in [-0.05, 0) is 56.4 Å². The molecule has 5 heteroatoms. The molecule has 0 spiro atoms. The molecule has 0 amide bonds. The van der Waals surface area contributed by atoms with Crippen molar-refractivity contribution in [2.75, 3.05) is 11.9 Å². The van der Waals surface area contributed by atoms with Gasteiger partial charge in [0.25, 0.3) is 0 Å². The summed E-state index contributed by atoms with van der Waals surface area (Å²) in [6.45, 7) is 2.74. The van der Waals surface area contributed by atoms with Crippen molar-refractivity contribution in [2.45, 2.75) is 51.2 Å². The Bertz CT molecular complexity index is 422. The Balaban J connectivity index is 1.80. The van der Waals surface area contributed by atoms with Crippen molar-refractivity contribution in [3.05, 3.63) is 24.3 Å². The Morgan fingerprint density at radius 2 is 1.71 bits per heavy atom. The summed E-state index contributed by atoms with van der Waals surface area (Å²) in [6, 6.07) is 7.74. The maximum Gasteiger partial charge on any atom is 0.391 e. The zero-order valence-electron chi connectivity index (χ0n) is 12.2. The lowest BCUT2D eigenvalue weighted by atomic mass is 9.85. The molecule has 0 radical (unpaired) electrons. The third kappa shape index (κ3) is 4.83. The van der Waals surface area contributed by atoms with Crippen LogP contribution in [0.3, 0.4) is 0 Å². The van der Waals surface area contributed by atoms with Gasteiger partial charge < -0.3 is 10.1 Å². The predicted molar refractivity (Wildman–Crippen MR) is 77.7 cm³/mol. The number of rotatable bonds is 5. The van der Waals surface area contributed by atoms with Gasteiger partial charge in [0.05, 0.1) is 12.5 Å². The number of nitrogens with one attached hydrogen (secondary N) is 1. The van der Waals surface area contributed by atoms with Crippen LogP contribution in [-0.2, 0) is 0 Å². The molecule has 1 aliphatic rings. The summed E-state index contributed by atoms with van der Waals surface area (Å²) in [4.78, 5) is 0. The van der Waals surface area contributed by atoms with Crippen LogP contribution in [0.2, 0.25) is 0 Å². The summed E-state index contributed by atoms with van der Waals surface area (Å²) in [5, 5.41) is 3.31. The first-order valence-corrected chi connectivity index (χ1v) is 7.55. The first-order chi connectivity index (χ1) is 9.99. The summed E-state index contributed by atoms with van der Waals surface area (Å²) >= 11 is 0. The number of alkyl halides is 3. The van der Waals surface area contributed by atoms with Crippen LogP contribution in [0, 0.1) is 5.92 Å². The minimum Gasteiger partial charge on any atom is -0.494 e. The first kappa shape index (κ1) is 16.0. The van der Waals surface area contributed by atoms with Crippen LogP contribution in [0.15, 0.2) is 24.3 Å². The summed E-state index contributed by atoms with van der Waals surface area (Å²) < 4.78 is 43.3. The lowest BCUT2D eigenvalue weighted by Crippen LogP contribution is -2.32. The van der Waals surface area contributed by atoms with Gasteiger partial charge in [-0.2, -0.15) is 13.2 Å². The molecule has 0 saturated heterocycles. The third-order valence-electron chi connectivity index (χ3n) is 3.89. The minimum atomic E-state index is -4.04. The molecule has 0 aromatic heterocycles. The maximum atomic E-state index is 12.6. The molecule has 0 atom stereocenters. The topological polar surface area (TPSA) is 21.3 Å². The van der Waals surface area contributed by atoms with E-state index in [-0.39, 0.29) is 18.9 Å². The standard InChI is InChI=1S/C16H22F3NO/c1-2-11-21-15-9-7-14(8-10-15)20-13-5-3-12(4-6-13)16(17,18)19/h7-10,12-13,20H,2-6,11H2,1H3. The van der Waals surface area contributed by atoms with Gasteiger partial charge in [-0.25, -0.2) is 0 Å². The summed E-state index contributed by atoms with van der Waals surface area (Å²) in [6.07, 6.45) is -1.50. The van der Waals surface area contributed by atoms with Crippen LogP contribution in [-0.4, -0.2) is 18.8 Å². The third-order valence-corrected chi connectivity index (χ3v) is 3.89. The van der Waals surface area contributed by atoms with E-state index in [2.05, 4.69) is 5.32 Å². The highest BCUT2D eigenvalue weighted by Gasteiger charge is 2.41. The molecule has 1 aliphatic carbocycles. The van der Waals surface area contributed by atoms with Gasteiger partial charge in [0.15, 0.2) is 0 Å². The van der Waals surface area contributed by atoms with E-state index < -0.39 is 12.1 Å². The molecule has 21 heavy (non-hydrogen) atoms. The highest BCUT2D eigenvalue weighted by atomic mass is 19.4. The molecule has 0 heterocycles. The average Bonchev–Trinajstić information content (AvgIpc) is 2.46. The molecule has 1 saturated carbocycles. The second-order valence-corrected chi connectivity index (χ2v) is 5.61. The van der Waals surface area contributed by atoms with Crippen molar-refractivity contribution in [3.8, 4) is 5.75 Å². The van der Waals surface area contributed by atoms with E-state index in [4.69, 9.17) is 4.74 Å². The summed E-state index contributed by atoms with van der Waals surface area (Å²) in [7, 11) is 0. The van der Waals surface area contributed by atoms with Crippen molar-refractivity contribution in [3.63, 3.8) is 0 Å². The van der Waals surface area contributed by atoms with Gasteiger partial charge in [-0.3, -0.25) is 0 Å². The summed E-state index contributed by atoms with van der Waals surface area (Å²) in [5.41, 5.74) is 0.939. The van der Waals surface area contributed by atoms with Gasteiger partial charge in [0.1, 0.15) is 5.75 Å². The normalized spacial score (nSPS) is 22.9. The SMILES string of the molecule is CCCOc1ccc(NC2CCC(C(F)(F)F)CC2)cc1. The molecule has 1 fully saturated rings.